The number of thiophene rings is 1. The summed E-state index contributed by atoms with van der Waals surface area (Å²) in [5.41, 5.74) is 0. The second-order valence-electron chi connectivity index (χ2n) is 5.21. The molecule has 0 radical (unpaired) electrons. The summed E-state index contributed by atoms with van der Waals surface area (Å²) in [6.45, 7) is 8.22. The van der Waals surface area contributed by atoms with E-state index in [1.807, 2.05) is 20.8 Å². The Labute approximate surface area is 134 Å². The van der Waals surface area contributed by atoms with E-state index >= 15 is 0 Å². The van der Waals surface area contributed by atoms with Gasteiger partial charge in [-0.15, -0.1) is 11.3 Å². The first-order valence-electron chi connectivity index (χ1n) is 6.94. The highest BCUT2D eigenvalue weighted by Crippen LogP contribution is 2.24. The van der Waals surface area contributed by atoms with Gasteiger partial charge in [-0.25, -0.2) is 13.1 Å². The summed E-state index contributed by atoms with van der Waals surface area (Å²) in [6, 6.07) is 1.98. The molecule has 9 heteroatoms. The lowest BCUT2D eigenvalue weighted by molar-refractivity contribution is 0.419. The average Bonchev–Trinajstić information content (AvgIpc) is 3.02. The fourth-order valence-corrected chi connectivity index (χ4v) is 4.43. The summed E-state index contributed by atoms with van der Waals surface area (Å²) in [7, 11) is -3.48. The number of aryl methyl sites for hydroxylation is 2. The van der Waals surface area contributed by atoms with Gasteiger partial charge in [-0.2, -0.15) is 4.98 Å². The van der Waals surface area contributed by atoms with Crippen LogP contribution in [0.5, 0.6) is 0 Å². The van der Waals surface area contributed by atoms with Crippen molar-refractivity contribution in [2.75, 3.05) is 18.4 Å². The third-order valence-electron chi connectivity index (χ3n) is 2.94. The maximum Gasteiger partial charge on any atom is 0.321 e. The Morgan fingerprint density at radius 3 is 2.59 bits per heavy atom. The van der Waals surface area contributed by atoms with Crippen LogP contribution >= 0.6 is 11.3 Å². The molecule has 2 aromatic heterocycles. The standard InChI is InChI=1S/C13H20N4O3S2/c1-8(2)12-16-13(20-17-12)14-5-6-15-22(18,19)11-7-9(3)21-10(11)4/h7-8,15H,5-6H2,1-4H3,(H,14,16,17). The van der Waals surface area contributed by atoms with Crippen LogP contribution in [-0.4, -0.2) is 31.6 Å². The highest BCUT2D eigenvalue weighted by molar-refractivity contribution is 7.89. The second-order valence-corrected chi connectivity index (χ2v) is 8.41. The van der Waals surface area contributed by atoms with Gasteiger partial charge in [-0.05, 0) is 19.9 Å². The predicted octanol–water partition coefficient (Wildman–Crippen LogP) is 2.26. The van der Waals surface area contributed by atoms with Gasteiger partial charge in [-0.3, -0.25) is 0 Å². The Morgan fingerprint density at radius 1 is 1.32 bits per heavy atom. The van der Waals surface area contributed by atoms with Crippen LogP contribution in [0.15, 0.2) is 15.5 Å². The molecule has 122 valence electrons. The van der Waals surface area contributed by atoms with Gasteiger partial charge in [0.25, 0.3) is 0 Å². The number of hydrogen-bond donors (Lipinski definition) is 2. The van der Waals surface area contributed by atoms with E-state index in [0.29, 0.717) is 23.3 Å². The normalized spacial score (nSPS) is 12.0. The van der Waals surface area contributed by atoms with Crippen molar-refractivity contribution in [2.24, 2.45) is 0 Å². The third kappa shape index (κ3) is 4.05. The molecule has 0 amide bonds. The van der Waals surface area contributed by atoms with Crippen molar-refractivity contribution in [3.05, 3.63) is 21.6 Å². The van der Waals surface area contributed by atoms with Crippen LogP contribution in [0.2, 0.25) is 0 Å². The molecule has 0 bridgehead atoms. The smallest absolute Gasteiger partial charge is 0.321 e. The van der Waals surface area contributed by atoms with E-state index in [9.17, 15) is 8.42 Å². The molecule has 0 atom stereocenters. The highest BCUT2D eigenvalue weighted by Gasteiger charge is 2.18. The van der Waals surface area contributed by atoms with Crippen molar-refractivity contribution in [1.29, 1.82) is 0 Å². The van der Waals surface area contributed by atoms with E-state index in [4.69, 9.17) is 4.52 Å². The number of hydrogen-bond acceptors (Lipinski definition) is 7. The predicted molar refractivity (Wildman–Crippen MR) is 85.9 cm³/mol. The molecule has 0 unspecified atom stereocenters. The van der Waals surface area contributed by atoms with Crippen molar-refractivity contribution in [3.8, 4) is 0 Å². The molecule has 0 aromatic carbocycles. The van der Waals surface area contributed by atoms with E-state index in [0.717, 1.165) is 9.75 Å². The number of nitrogens with one attached hydrogen (secondary N) is 2. The molecule has 7 nitrogen and oxygen atoms in total. The van der Waals surface area contributed by atoms with Crippen molar-refractivity contribution >= 4 is 27.4 Å². The maximum absolute atomic E-state index is 12.2. The van der Waals surface area contributed by atoms with E-state index in [1.165, 1.54) is 11.3 Å². The average molecular weight is 344 g/mol. The van der Waals surface area contributed by atoms with Crippen LogP contribution in [0.4, 0.5) is 6.01 Å². The van der Waals surface area contributed by atoms with Crippen molar-refractivity contribution in [2.45, 2.75) is 38.5 Å². The van der Waals surface area contributed by atoms with Crippen molar-refractivity contribution < 1.29 is 12.9 Å². The number of rotatable bonds is 7. The maximum atomic E-state index is 12.2. The van der Waals surface area contributed by atoms with Gasteiger partial charge in [0.15, 0.2) is 5.82 Å². The van der Waals surface area contributed by atoms with Crippen LogP contribution in [0, 0.1) is 13.8 Å². The summed E-state index contributed by atoms with van der Waals surface area (Å²) in [4.78, 5) is 6.26. The Bertz CT molecular complexity index is 734. The molecule has 0 aliphatic heterocycles. The highest BCUT2D eigenvalue weighted by atomic mass is 32.2. The van der Waals surface area contributed by atoms with Gasteiger partial charge in [0.05, 0.1) is 4.90 Å². The topological polar surface area (TPSA) is 97.1 Å². The van der Waals surface area contributed by atoms with E-state index in [2.05, 4.69) is 20.2 Å². The number of sulfonamides is 1. The van der Waals surface area contributed by atoms with Crippen molar-refractivity contribution in [3.63, 3.8) is 0 Å². The zero-order valence-electron chi connectivity index (χ0n) is 13.0. The molecule has 0 aliphatic carbocycles. The fraction of sp³-hybridized carbons (Fsp3) is 0.538. The van der Waals surface area contributed by atoms with Crippen LogP contribution in [-0.2, 0) is 10.0 Å². The molecule has 22 heavy (non-hydrogen) atoms. The fourth-order valence-electron chi connectivity index (χ4n) is 1.85. The van der Waals surface area contributed by atoms with Gasteiger partial charge in [0, 0.05) is 28.8 Å². The lowest BCUT2D eigenvalue weighted by atomic mass is 10.2. The van der Waals surface area contributed by atoms with Gasteiger partial charge in [0.2, 0.25) is 10.0 Å². The van der Waals surface area contributed by atoms with Crippen molar-refractivity contribution in [1.82, 2.24) is 14.9 Å². The molecule has 2 aromatic rings. The molecule has 2 N–H and O–H groups in total. The quantitative estimate of drug-likeness (QED) is 0.748. The van der Waals surface area contributed by atoms with Gasteiger partial charge in [0.1, 0.15) is 0 Å². The molecule has 0 fully saturated rings. The summed E-state index contributed by atoms with van der Waals surface area (Å²) < 4.78 is 31.9. The minimum atomic E-state index is -3.48. The minimum Gasteiger partial charge on any atom is -0.336 e. The van der Waals surface area contributed by atoms with E-state index < -0.39 is 10.0 Å². The zero-order chi connectivity index (χ0) is 16.3. The molecule has 0 aliphatic rings. The van der Waals surface area contributed by atoms with Gasteiger partial charge in [-0.1, -0.05) is 19.0 Å². The molecular weight excluding hydrogens is 324 g/mol. The lowest BCUT2D eigenvalue weighted by Crippen LogP contribution is -2.29. The largest absolute Gasteiger partial charge is 0.336 e. The van der Waals surface area contributed by atoms with Gasteiger partial charge < -0.3 is 9.84 Å². The van der Waals surface area contributed by atoms with Crippen LogP contribution in [0.1, 0.15) is 35.3 Å². The second kappa shape index (κ2) is 6.76. The number of nitrogens with zero attached hydrogens (tertiary/aromatic N) is 2. The van der Waals surface area contributed by atoms with Crippen LogP contribution < -0.4 is 10.0 Å². The van der Waals surface area contributed by atoms with Crippen LogP contribution in [0.3, 0.4) is 0 Å². The summed E-state index contributed by atoms with van der Waals surface area (Å²) in [5.74, 6) is 0.801. The summed E-state index contributed by atoms with van der Waals surface area (Å²) >= 11 is 1.47. The Kier molecular flexibility index (Phi) is 5.20. The SMILES string of the molecule is Cc1cc(S(=O)(=O)NCCNc2nc(C(C)C)no2)c(C)s1. The molecule has 0 spiro atoms. The molecule has 2 heterocycles. The third-order valence-corrected chi connectivity index (χ3v) is 5.62. The number of anilines is 1. The van der Waals surface area contributed by atoms with E-state index in [-0.39, 0.29) is 12.5 Å². The monoisotopic (exact) mass is 344 g/mol. The van der Waals surface area contributed by atoms with Crippen LogP contribution in [0.25, 0.3) is 0 Å². The lowest BCUT2D eigenvalue weighted by Gasteiger charge is -2.06. The first kappa shape index (κ1) is 16.9. The Balaban J connectivity index is 1.86. The minimum absolute atomic E-state index is 0.183. The molecule has 2 rings (SSSR count). The molecular formula is C13H20N4O3S2. The first-order valence-corrected chi connectivity index (χ1v) is 9.23. The molecule has 0 saturated heterocycles. The zero-order valence-corrected chi connectivity index (χ0v) is 14.6. The Hall–Kier alpha value is -1.45. The molecule has 0 saturated carbocycles. The van der Waals surface area contributed by atoms with E-state index in [1.54, 1.807) is 13.0 Å². The number of aromatic nitrogens is 2. The summed E-state index contributed by atoms with van der Waals surface area (Å²) in [5, 5.41) is 6.72. The summed E-state index contributed by atoms with van der Waals surface area (Å²) in [6.07, 6.45) is 0. The Morgan fingerprint density at radius 2 is 2.05 bits per heavy atom. The van der Waals surface area contributed by atoms with Gasteiger partial charge >= 0.3 is 6.01 Å². The first-order chi connectivity index (χ1) is 10.3.